The van der Waals surface area contributed by atoms with Gasteiger partial charge in [0.1, 0.15) is 17.7 Å². The molecule has 2 unspecified atom stereocenters. The van der Waals surface area contributed by atoms with Gasteiger partial charge in [0.05, 0.1) is 6.10 Å². The van der Waals surface area contributed by atoms with Crippen LogP contribution in [0.5, 0.6) is 5.75 Å². The number of benzene rings is 1. The molecule has 2 nitrogen and oxygen atoms in total. The van der Waals surface area contributed by atoms with E-state index in [-0.39, 0.29) is 11.9 Å². The molecule has 0 aliphatic carbocycles. The van der Waals surface area contributed by atoms with Crippen molar-refractivity contribution in [2.24, 2.45) is 0 Å². The molecule has 3 heteroatoms. The molecule has 0 amide bonds. The molecule has 0 saturated heterocycles. The fourth-order valence-electron chi connectivity index (χ4n) is 1.51. The van der Waals surface area contributed by atoms with Crippen molar-refractivity contribution in [3.63, 3.8) is 0 Å². The van der Waals surface area contributed by atoms with E-state index in [9.17, 15) is 9.50 Å². The maximum absolute atomic E-state index is 12.8. The molecule has 0 saturated carbocycles. The summed E-state index contributed by atoms with van der Waals surface area (Å²) in [6.07, 6.45) is -0.155. The Kier molecular flexibility index (Phi) is 1.96. The summed E-state index contributed by atoms with van der Waals surface area (Å²) in [7, 11) is 0. The van der Waals surface area contributed by atoms with Crippen LogP contribution in [0.3, 0.4) is 0 Å². The summed E-state index contributed by atoms with van der Waals surface area (Å²) in [5, 5.41) is 9.27. The van der Waals surface area contributed by atoms with Gasteiger partial charge in [0, 0.05) is 12.0 Å². The van der Waals surface area contributed by atoms with Gasteiger partial charge >= 0.3 is 0 Å². The third-order valence-corrected chi connectivity index (χ3v) is 2.26. The van der Waals surface area contributed by atoms with Crippen LogP contribution in [0.1, 0.15) is 12.5 Å². The van der Waals surface area contributed by atoms with E-state index in [4.69, 9.17) is 4.74 Å². The standard InChI is InChI=1S/C10H11FO2/c1-6(12)10-5-7-4-8(11)2-3-9(7)13-10/h2-4,6,10,12H,5H2,1H3. The van der Waals surface area contributed by atoms with E-state index in [1.54, 1.807) is 13.0 Å². The first-order chi connectivity index (χ1) is 6.16. The van der Waals surface area contributed by atoms with Crippen LogP contribution in [0.2, 0.25) is 0 Å². The van der Waals surface area contributed by atoms with Gasteiger partial charge in [-0.3, -0.25) is 0 Å². The molecule has 2 rings (SSSR count). The lowest BCUT2D eigenvalue weighted by atomic mass is 10.1. The summed E-state index contributed by atoms with van der Waals surface area (Å²) < 4.78 is 18.2. The molecule has 0 fully saturated rings. The van der Waals surface area contributed by atoms with Crippen LogP contribution in [-0.2, 0) is 6.42 Å². The maximum atomic E-state index is 12.8. The van der Waals surface area contributed by atoms with Crippen molar-refractivity contribution in [2.75, 3.05) is 0 Å². The zero-order valence-corrected chi connectivity index (χ0v) is 7.33. The lowest BCUT2D eigenvalue weighted by molar-refractivity contribution is 0.0632. The molecule has 1 N–H and O–H groups in total. The van der Waals surface area contributed by atoms with E-state index in [1.807, 2.05) is 0 Å². The molecular formula is C10H11FO2. The number of aliphatic hydroxyl groups is 1. The molecule has 2 atom stereocenters. The van der Waals surface area contributed by atoms with Gasteiger partial charge in [0.15, 0.2) is 0 Å². The first-order valence-corrected chi connectivity index (χ1v) is 4.30. The highest BCUT2D eigenvalue weighted by atomic mass is 19.1. The van der Waals surface area contributed by atoms with Crippen LogP contribution >= 0.6 is 0 Å². The summed E-state index contributed by atoms with van der Waals surface area (Å²) in [4.78, 5) is 0. The van der Waals surface area contributed by atoms with Gasteiger partial charge in [0.2, 0.25) is 0 Å². The minimum absolute atomic E-state index is 0.225. The Balaban J connectivity index is 2.25. The Bertz CT molecular complexity index is 323. The number of halogens is 1. The number of fused-ring (bicyclic) bond motifs is 1. The SMILES string of the molecule is CC(O)C1Cc2cc(F)ccc2O1. The van der Waals surface area contributed by atoms with Crippen molar-refractivity contribution in [2.45, 2.75) is 25.6 Å². The van der Waals surface area contributed by atoms with Crippen LogP contribution in [0.25, 0.3) is 0 Å². The molecule has 1 heterocycles. The van der Waals surface area contributed by atoms with E-state index >= 15 is 0 Å². The number of hydrogen-bond acceptors (Lipinski definition) is 2. The molecule has 1 aliphatic heterocycles. The van der Waals surface area contributed by atoms with Crippen LogP contribution < -0.4 is 4.74 Å². The number of hydrogen-bond donors (Lipinski definition) is 1. The number of rotatable bonds is 1. The summed E-state index contributed by atoms with van der Waals surface area (Å²) in [5.41, 5.74) is 0.839. The molecule has 1 aromatic rings. The largest absolute Gasteiger partial charge is 0.487 e. The van der Waals surface area contributed by atoms with E-state index in [0.717, 1.165) is 5.56 Å². The van der Waals surface area contributed by atoms with Crippen molar-refractivity contribution in [3.8, 4) is 5.75 Å². The lowest BCUT2D eigenvalue weighted by Gasteiger charge is -2.12. The first-order valence-electron chi connectivity index (χ1n) is 4.30. The summed E-state index contributed by atoms with van der Waals surface area (Å²) in [5.74, 6) is 0.431. The minimum Gasteiger partial charge on any atom is -0.487 e. The quantitative estimate of drug-likeness (QED) is 0.713. The zero-order valence-electron chi connectivity index (χ0n) is 7.33. The molecule has 1 aromatic carbocycles. The van der Waals surface area contributed by atoms with Crippen LogP contribution in [0.15, 0.2) is 18.2 Å². The zero-order chi connectivity index (χ0) is 9.42. The van der Waals surface area contributed by atoms with Gasteiger partial charge in [-0.05, 0) is 25.1 Å². The third-order valence-electron chi connectivity index (χ3n) is 2.26. The molecule has 70 valence electrons. The second-order valence-electron chi connectivity index (χ2n) is 3.35. The fourth-order valence-corrected chi connectivity index (χ4v) is 1.51. The van der Waals surface area contributed by atoms with Crippen molar-refractivity contribution in [1.82, 2.24) is 0 Å². The predicted molar refractivity (Wildman–Crippen MR) is 46.2 cm³/mol. The first kappa shape index (κ1) is 8.51. The Morgan fingerprint density at radius 1 is 1.62 bits per heavy atom. The summed E-state index contributed by atoms with van der Waals surface area (Å²) >= 11 is 0. The molecule has 0 spiro atoms. The normalized spacial score (nSPS) is 22.2. The summed E-state index contributed by atoms with van der Waals surface area (Å²) in [6, 6.07) is 4.42. The smallest absolute Gasteiger partial charge is 0.128 e. The van der Waals surface area contributed by atoms with E-state index < -0.39 is 6.10 Å². The predicted octanol–water partition coefficient (Wildman–Crippen LogP) is 1.51. The van der Waals surface area contributed by atoms with Gasteiger partial charge in [-0.1, -0.05) is 0 Å². The number of ether oxygens (including phenoxy) is 1. The van der Waals surface area contributed by atoms with Crippen molar-refractivity contribution in [1.29, 1.82) is 0 Å². The van der Waals surface area contributed by atoms with Gasteiger partial charge in [-0.2, -0.15) is 0 Å². The molecule has 13 heavy (non-hydrogen) atoms. The minimum atomic E-state index is -0.518. The van der Waals surface area contributed by atoms with Crippen molar-refractivity contribution in [3.05, 3.63) is 29.6 Å². The molecule has 0 bridgehead atoms. The second kappa shape index (κ2) is 3.00. The summed E-state index contributed by atoms with van der Waals surface area (Å²) in [6.45, 7) is 1.67. The molecule has 1 aliphatic rings. The molecular weight excluding hydrogens is 171 g/mol. The van der Waals surface area contributed by atoms with E-state index in [2.05, 4.69) is 0 Å². The maximum Gasteiger partial charge on any atom is 0.128 e. The van der Waals surface area contributed by atoms with Gasteiger partial charge in [-0.25, -0.2) is 4.39 Å². The highest BCUT2D eigenvalue weighted by molar-refractivity contribution is 5.38. The Morgan fingerprint density at radius 2 is 2.38 bits per heavy atom. The lowest BCUT2D eigenvalue weighted by Crippen LogP contribution is -2.26. The molecule has 0 radical (unpaired) electrons. The third kappa shape index (κ3) is 1.52. The van der Waals surface area contributed by atoms with Crippen molar-refractivity contribution < 1.29 is 14.2 Å². The van der Waals surface area contributed by atoms with E-state index in [0.29, 0.717) is 12.2 Å². The van der Waals surface area contributed by atoms with E-state index in [1.165, 1.54) is 12.1 Å². The monoisotopic (exact) mass is 182 g/mol. The van der Waals surface area contributed by atoms with Crippen LogP contribution in [0, 0.1) is 5.82 Å². The van der Waals surface area contributed by atoms with Crippen LogP contribution in [0.4, 0.5) is 4.39 Å². The van der Waals surface area contributed by atoms with Crippen LogP contribution in [-0.4, -0.2) is 17.3 Å². The van der Waals surface area contributed by atoms with Gasteiger partial charge < -0.3 is 9.84 Å². The van der Waals surface area contributed by atoms with Gasteiger partial charge in [-0.15, -0.1) is 0 Å². The highest BCUT2D eigenvalue weighted by Crippen LogP contribution is 2.30. The number of aliphatic hydroxyl groups excluding tert-OH is 1. The second-order valence-corrected chi connectivity index (χ2v) is 3.35. The van der Waals surface area contributed by atoms with Gasteiger partial charge in [0.25, 0.3) is 0 Å². The average molecular weight is 182 g/mol. The average Bonchev–Trinajstić information content (AvgIpc) is 2.46. The van der Waals surface area contributed by atoms with Crippen molar-refractivity contribution >= 4 is 0 Å². The Labute approximate surface area is 76.0 Å². The highest BCUT2D eigenvalue weighted by Gasteiger charge is 2.26. The molecule has 0 aromatic heterocycles. The fraction of sp³-hybridized carbons (Fsp3) is 0.400. The Morgan fingerprint density at radius 3 is 3.08 bits per heavy atom. The Hall–Kier alpha value is -1.09. The topological polar surface area (TPSA) is 29.5 Å².